The molecule has 0 bridgehead atoms. The number of hydrogen-bond acceptors (Lipinski definition) is 3. The number of rotatable bonds is 4. The summed E-state index contributed by atoms with van der Waals surface area (Å²) in [7, 11) is -3.04. The van der Waals surface area contributed by atoms with Crippen LogP contribution in [0.2, 0.25) is 0 Å². The summed E-state index contributed by atoms with van der Waals surface area (Å²) in [5.41, 5.74) is 0.591. The zero-order valence-electron chi connectivity index (χ0n) is 11.3. The minimum absolute atomic E-state index is 0.157. The molecule has 0 amide bonds. The molecule has 0 aromatic heterocycles. The molecule has 1 aromatic rings. The molecule has 2 atom stereocenters. The lowest BCUT2D eigenvalue weighted by atomic mass is 9.97. The maximum atomic E-state index is 13.1. The van der Waals surface area contributed by atoms with Gasteiger partial charge in [-0.25, -0.2) is 12.8 Å². The van der Waals surface area contributed by atoms with Crippen molar-refractivity contribution in [3.63, 3.8) is 0 Å². The van der Waals surface area contributed by atoms with Crippen molar-refractivity contribution in [1.29, 1.82) is 0 Å². The van der Waals surface area contributed by atoms with Crippen molar-refractivity contribution in [2.24, 2.45) is 0 Å². The molecular weight excluding hydrogens is 303 g/mol. The van der Waals surface area contributed by atoms with Gasteiger partial charge in [-0.05, 0) is 37.5 Å². The van der Waals surface area contributed by atoms with E-state index >= 15 is 0 Å². The van der Waals surface area contributed by atoms with Crippen molar-refractivity contribution in [3.8, 4) is 5.75 Å². The van der Waals surface area contributed by atoms with Gasteiger partial charge >= 0.3 is 0 Å². The summed E-state index contributed by atoms with van der Waals surface area (Å²) in [5, 5.41) is -0.346. The van der Waals surface area contributed by atoms with Crippen LogP contribution < -0.4 is 4.74 Å². The topological polar surface area (TPSA) is 43.4 Å². The number of alkyl halides is 1. The Hall–Kier alpha value is -0.810. The average Bonchev–Trinajstić information content (AvgIpc) is 2.40. The van der Waals surface area contributed by atoms with Crippen LogP contribution in [-0.2, 0) is 15.7 Å². The fourth-order valence-corrected chi connectivity index (χ4v) is 3.91. The van der Waals surface area contributed by atoms with Gasteiger partial charge in [-0.3, -0.25) is 0 Å². The molecule has 2 rings (SSSR count). The first-order valence-corrected chi connectivity index (χ1v) is 9.09. The van der Waals surface area contributed by atoms with E-state index in [2.05, 4.69) is 0 Å². The Balaban J connectivity index is 2.10. The van der Waals surface area contributed by atoms with E-state index < -0.39 is 9.84 Å². The van der Waals surface area contributed by atoms with Crippen molar-refractivity contribution in [1.82, 2.24) is 0 Å². The van der Waals surface area contributed by atoms with E-state index in [0.717, 1.165) is 12.8 Å². The molecule has 0 radical (unpaired) electrons. The van der Waals surface area contributed by atoms with E-state index in [0.29, 0.717) is 24.2 Å². The van der Waals surface area contributed by atoms with Gasteiger partial charge in [0.1, 0.15) is 21.4 Å². The lowest BCUT2D eigenvalue weighted by Crippen LogP contribution is -2.33. The molecule has 0 aliphatic heterocycles. The van der Waals surface area contributed by atoms with Crippen LogP contribution in [-0.4, -0.2) is 26.0 Å². The first kappa shape index (κ1) is 15.6. The number of sulfone groups is 1. The number of ether oxygens (including phenoxy) is 1. The Morgan fingerprint density at radius 3 is 2.80 bits per heavy atom. The van der Waals surface area contributed by atoms with E-state index in [1.807, 2.05) is 0 Å². The summed E-state index contributed by atoms with van der Waals surface area (Å²) in [6.07, 6.45) is 3.91. The lowest BCUT2D eigenvalue weighted by Gasteiger charge is -2.29. The van der Waals surface area contributed by atoms with Gasteiger partial charge in [-0.2, -0.15) is 0 Å². The lowest BCUT2D eigenvalue weighted by molar-refractivity contribution is 0.155. The minimum Gasteiger partial charge on any atom is -0.490 e. The normalized spacial score (nSPS) is 23.6. The second-order valence-electron chi connectivity index (χ2n) is 5.24. The van der Waals surface area contributed by atoms with Gasteiger partial charge in [0.25, 0.3) is 0 Å². The maximum Gasteiger partial charge on any atom is 0.150 e. The van der Waals surface area contributed by atoms with Crippen LogP contribution in [0.15, 0.2) is 18.2 Å². The Bertz CT molecular complexity index is 574. The summed E-state index contributed by atoms with van der Waals surface area (Å²) in [6.45, 7) is 0. The molecule has 1 aliphatic rings. The van der Waals surface area contributed by atoms with Crippen LogP contribution in [0.1, 0.15) is 31.2 Å². The third-order valence-corrected chi connectivity index (χ3v) is 5.57. The van der Waals surface area contributed by atoms with Crippen LogP contribution in [0.3, 0.4) is 0 Å². The van der Waals surface area contributed by atoms with Gasteiger partial charge in [0, 0.05) is 18.2 Å². The van der Waals surface area contributed by atoms with Crippen LogP contribution in [0.4, 0.5) is 4.39 Å². The second kappa shape index (κ2) is 6.31. The molecule has 112 valence electrons. The molecule has 3 nitrogen and oxygen atoms in total. The summed E-state index contributed by atoms with van der Waals surface area (Å²) in [6, 6.07) is 4.22. The van der Waals surface area contributed by atoms with Crippen molar-refractivity contribution in [3.05, 3.63) is 29.6 Å². The van der Waals surface area contributed by atoms with Crippen molar-refractivity contribution in [2.75, 3.05) is 6.26 Å². The molecule has 0 spiro atoms. The first-order valence-electron chi connectivity index (χ1n) is 6.60. The van der Waals surface area contributed by atoms with Crippen LogP contribution >= 0.6 is 11.6 Å². The van der Waals surface area contributed by atoms with Crippen LogP contribution in [0, 0.1) is 5.82 Å². The van der Waals surface area contributed by atoms with Crippen LogP contribution in [0.25, 0.3) is 0 Å². The number of halogens is 2. The van der Waals surface area contributed by atoms with Gasteiger partial charge in [0.05, 0.1) is 17.2 Å². The highest BCUT2D eigenvalue weighted by atomic mass is 35.5. The molecule has 6 heteroatoms. The highest BCUT2D eigenvalue weighted by Crippen LogP contribution is 2.30. The highest BCUT2D eigenvalue weighted by molar-refractivity contribution is 7.91. The largest absolute Gasteiger partial charge is 0.490 e. The van der Waals surface area contributed by atoms with Crippen LogP contribution in [0.5, 0.6) is 5.75 Å². The third kappa shape index (κ3) is 3.85. The second-order valence-corrected chi connectivity index (χ2v) is 7.84. The number of benzene rings is 1. The predicted molar refractivity (Wildman–Crippen MR) is 77.5 cm³/mol. The zero-order chi connectivity index (χ0) is 14.8. The van der Waals surface area contributed by atoms with E-state index in [1.54, 1.807) is 6.07 Å². The summed E-state index contributed by atoms with van der Waals surface area (Å²) < 4.78 is 42.2. The van der Waals surface area contributed by atoms with E-state index in [4.69, 9.17) is 16.3 Å². The molecule has 0 N–H and O–H groups in total. The molecule has 1 aromatic carbocycles. The molecular formula is C14H18ClFO3S. The zero-order valence-corrected chi connectivity index (χ0v) is 12.9. The van der Waals surface area contributed by atoms with E-state index in [9.17, 15) is 12.8 Å². The van der Waals surface area contributed by atoms with Crippen molar-refractivity contribution >= 4 is 21.4 Å². The van der Waals surface area contributed by atoms with Gasteiger partial charge in [-0.1, -0.05) is 0 Å². The Kier molecular flexibility index (Phi) is 4.91. The monoisotopic (exact) mass is 320 g/mol. The van der Waals surface area contributed by atoms with Crippen molar-refractivity contribution < 1.29 is 17.5 Å². The van der Waals surface area contributed by atoms with E-state index in [1.165, 1.54) is 18.4 Å². The smallest absolute Gasteiger partial charge is 0.150 e. The summed E-state index contributed by atoms with van der Waals surface area (Å²) >= 11 is 5.78. The maximum absolute atomic E-state index is 13.1. The van der Waals surface area contributed by atoms with Crippen molar-refractivity contribution in [2.45, 2.75) is 42.9 Å². The summed E-state index contributed by atoms with van der Waals surface area (Å²) in [5.74, 6) is 0.348. The van der Waals surface area contributed by atoms with Gasteiger partial charge in [-0.15, -0.1) is 11.6 Å². The highest BCUT2D eigenvalue weighted by Gasteiger charge is 2.30. The minimum atomic E-state index is -3.04. The van der Waals surface area contributed by atoms with Gasteiger partial charge in [0.2, 0.25) is 0 Å². The fourth-order valence-electron chi connectivity index (χ4n) is 2.55. The molecule has 0 saturated heterocycles. The van der Waals surface area contributed by atoms with Gasteiger partial charge < -0.3 is 4.74 Å². The van der Waals surface area contributed by atoms with Gasteiger partial charge in [0.15, 0.2) is 0 Å². The first-order chi connectivity index (χ1) is 9.40. The molecule has 0 heterocycles. The quantitative estimate of drug-likeness (QED) is 0.799. The van der Waals surface area contributed by atoms with E-state index in [-0.39, 0.29) is 23.1 Å². The molecule has 1 fully saturated rings. The number of hydrogen-bond donors (Lipinski definition) is 0. The standard InChI is InChI=1S/C14H18ClFO3S/c1-20(17,18)13-4-2-3-12(8-13)19-14-6-5-11(16)7-10(14)9-15/h5-7,12-13H,2-4,8-9H2,1H3. The SMILES string of the molecule is CS(=O)(=O)C1CCCC(Oc2ccc(F)cc2CCl)C1. The summed E-state index contributed by atoms with van der Waals surface area (Å²) in [4.78, 5) is 0. The molecule has 20 heavy (non-hydrogen) atoms. The molecule has 1 aliphatic carbocycles. The third-order valence-electron chi connectivity index (χ3n) is 3.64. The fraction of sp³-hybridized carbons (Fsp3) is 0.571. The Labute approximate surface area is 124 Å². The predicted octanol–water partition coefficient (Wildman–Crippen LogP) is 3.30. The molecule has 1 saturated carbocycles. The molecule has 2 unspecified atom stereocenters. The Morgan fingerprint density at radius 1 is 1.40 bits per heavy atom. The average molecular weight is 321 g/mol. The Morgan fingerprint density at radius 2 is 2.15 bits per heavy atom.